The van der Waals surface area contributed by atoms with Crippen molar-refractivity contribution in [2.75, 3.05) is 13.9 Å². The van der Waals surface area contributed by atoms with E-state index in [-0.39, 0.29) is 6.79 Å². The van der Waals surface area contributed by atoms with Crippen molar-refractivity contribution in [3.8, 4) is 17.2 Å². The molecule has 0 unspecified atom stereocenters. The van der Waals surface area contributed by atoms with E-state index < -0.39 is 5.54 Å². The molecule has 0 bridgehead atoms. The Morgan fingerprint density at radius 3 is 2.84 bits per heavy atom. The fourth-order valence-corrected chi connectivity index (χ4v) is 2.90. The lowest BCUT2D eigenvalue weighted by atomic mass is 9.72. The van der Waals surface area contributed by atoms with Gasteiger partial charge < -0.3 is 14.2 Å². The second-order valence-electron chi connectivity index (χ2n) is 4.59. The van der Waals surface area contributed by atoms with Gasteiger partial charge in [0.15, 0.2) is 11.5 Å². The number of ether oxygens (including phenoxy) is 3. The van der Waals surface area contributed by atoms with E-state index in [4.69, 9.17) is 25.8 Å². The van der Waals surface area contributed by atoms with Gasteiger partial charge in [0.25, 0.3) is 0 Å². The lowest BCUT2D eigenvalue weighted by Crippen LogP contribution is -2.32. The van der Waals surface area contributed by atoms with Crippen molar-refractivity contribution in [2.45, 2.75) is 24.8 Å². The summed E-state index contributed by atoms with van der Waals surface area (Å²) in [7, 11) is 1.53. The van der Waals surface area contributed by atoms with E-state index in [1.165, 1.54) is 7.11 Å². The van der Waals surface area contributed by atoms with E-state index in [1.54, 1.807) is 12.1 Å². The monoisotopic (exact) mass is 281 g/mol. The van der Waals surface area contributed by atoms with E-state index in [0.29, 0.717) is 22.3 Å². The molecule has 1 heterocycles. The highest BCUT2D eigenvalue weighted by molar-refractivity contribution is 6.34. The fraction of sp³-hybridized carbons (Fsp3) is 0.462. The third-order valence-electron chi connectivity index (χ3n) is 3.71. The van der Waals surface area contributed by atoms with Crippen molar-refractivity contribution < 1.29 is 19.0 Å². The number of hydrogen-bond acceptors (Lipinski definition) is 5. The number of benzene rings is 1. The summed E-state index contributed by atoms with van der Waals surface area (Å²) in [6, 6.07) is 1.80. The summed E-state index contributed by atoms with van der Waals surface area (Å²) < 4.78 is 16.0. The molecule has 1 aliphatic carbocycles. The minimum Gasteiger partial charge on any atom is -0.495 e. The summed E-state index contributed by atoms with van der Waals surface area (Å²) in [6.45, 7) is 0.131. The second kappa shape index (κ2) is 4.44. The van der Waals surface area contributed by atoms with E-state index in [0.717, 1.165) is 24.8 Å². The molecule has 1 aliphatic heterocycles. The molecule has 0 N–H and O–H groups in total. The maximum absolute atomic E-state index is 10.7. The van der Waals surface area contributed by atoms with Gasteiger partial charge in [0, 0.05) is 5.56 Å². The molecule has 5 nitrogen and oxygen atoms in total. The summed E-state index contributed by atoms with van der Waals surface area (Å²) >= 11 is 6.28. The number of fused-ring (bicyclic) bond motifs is 1. The Labute approximate surface area is 115 Å². The highest BCUT2D eigenvalue weighted by Gasteiger charge is 2.43. The van der Waals surface area contributed by atoms with Crippen molar-refractivity contribution >= 4 is 17.7 Å². The molecule has 3 rings (SSSR count). The number of hydrogen-bond donors (Lipinski definition) is 0. The third-order valence-corrected chi connectivity index (χ3v) is 4.05. The van der Waals surface area contributed by atoms with Gasteiger partial charge in [0.2, 0.25) is 12.9 Å². The first-order valence-electron chi connectivity index (χ1n) is 5.97. The molecule has 0 atom stereocenters. The minimum absolute atomic E-state index is 0.131. The molecule has 0 saturated heterocycles. The first kappa shape index (κ1) is 12.3. The number of aliphatic imine (C=N–C) groups is 1. The lowest BCUT2D eigenvalue weighted by Gasteiger charge is -2.38. The average molecular weight is 282 g/mol. The van der Waals surface area contributed by atoms with Gasteiger partial charge in [-0.15, -0.1) is 0 Å². The Kier molecular flexibility index (Phi) is 2.88. The van der Waals surface area contributed by atoms with Crippen molar-refractivity contribution in [3.63, 3.8) is 0 Å². The molecule has 6 heteroatoms. The van der Waals surface area contributed by atoms with Crippen molar-refractivity contribution in [2.24, 2.45) is 4.99 Å². The average Bonchev–Trinajstić information content (AvgIpc) is 2.82. The molecule has 1 saturated carbocycles. The van der Waals surface area contributed by atoms with E-state index >= 15 is 0 Å². The van der Waals surface area contributed by atoms with Gasteiger partial charge in [-0.1, -0.05) is 11.6 Å². The highest BCUT2D eigenvalue weighted by Crippen LogP contribution is 2.55. The number of rotatable bonds is 3. The van der Waals surface area contributed by atoms with Gasteiger partial charge in [-0.25, -0.2) is 4.79 Å². The van der Waals surface area contributed by atoms with Crippen LogP contribution in [0.4, 0.5) is 0 Å². The van der Waals surface area contributed by atoms with Crippen LogP contribution in [0.15, 0.2) is 11.1 Å². The minimum atomic E-state index is -0.586. The lowest BCUT2D eigenvalue weighted by molar-refractivity contribution is 0.173. The van der Waals surface area contributed by atoms with Crippen molar-refractivity contribution in [1.29, 1.82) is 0 Å². The Bertz CT molecular complexity index is 576. The normalized spacial score (nSPS) is 18.4. The zero-order chi connectivity index (χ0) is 13.5. The van der Waals surface area contributed by atoms with Crippen molar-refractivity contribution in [3.05, 3.63) is 16.7 Å². The van der Waals surface area contributed by atoms with Crippen LogP contribution in [0.25, 0.3) is 0 Å². The predicted octanol–water partition coefficient (Wildman–Crippen LogP) is 2.79. The summed E-state index contributed by atoms with van der Waals surface area (Å²) in [5.41, 5.74) is 0.177. The molecular formula is C13H12ClNO4. The zero-order valence-electron chi connectivity index (χ0n) is 10.4. The maximum atomic E-state index is 10.7. The molecule has 100 valence electrons. The topological polar surface area (TPSA) is 57.1 Å². The fourth-order valence-electron chi connectivity index (χ4n) is 2.57. The molecule has 1 aromatic carbocycles. The molecule has 0 amide bonds. The van der Waals surface area contributed by atoms with Gasteiger partial charge in [0.1, 0.15) is 16.3 Å². The quantitative estimate of drug-likeness (QED) is 0.631. The Morgan fingerprint density at radius 2 is 2.26 bits per heavy atom. The summed E-state index contributed by atoms with van der Waals surface area (Å²) in [5.74, 6) is 1.53. The summed E-state index contributed by atoms with van der Waals surface area (Å²) in [4.78, 5) is 14.6. The van der Waals surface area contributed by atoms with Gasteiger partial charge >= 0.3 is 0 Å². The van der Waals surface area contributed by atoms with Crippen LogP contribution in [0, 0.1) is 0 Å². The smallest absolute Gasteiger partial charge is 0.235 e. The van der Waals surface area contributed by atoms with E-state index in [2.05, 4.69) is 4.99 Å². The SMILES string of the molecule is COc1c(C2(N=C=O)CCC2)cc2c(c1Cl)OCO2. The second-order valence-corrected chi connectivity index (χ2v) is 4.97. The predicted molar refractivity (Wildman–Crippen MR) is 67.8 cm³/mol. The number of nitrogens with zero attached hydrogens (tertiary/aromatic N) is 1. The number of isocyanates is 1. The zero-order valence-corrected chi connectivity index (χ0v) is 11.1. The van der Waals surface area contributed by atoms with Gasteiger partial charge in [0.05, 0.1) is 7.11 Å². The highest BCUT2D eigenvalue weighted by atomic mass is 35.5. The Morgan fingerprint density at radius 1 is 1.47 bits per heavy atom. The van der Waals surface area contributed by atoms with Crippen LogP contribution in [0.5, 0.6) is 17.2 Å². The Hall–Kier alpha value is -1.71. The molecule has 0 aromatic heterocycles. The molecule has 1 fully saturated rings. The molecular weight excluding hydrogens is 270 g/mol. The van der Waals surface area contributed by atoms with E-state index in [9.17, 15) is 4.79 Å². The molecule has 1 aromatic rings. The standard InChI is InChI=1S/C13H12ClNO4/c1-17-11-8(13(15-6-16)3-2-4-13)5-9-12(10(11)14)19-7-18-9/h5H,2-4,7H2,1H3. The summed E-state index contributed by atoms with van der Waals surface area (Å²) in [6.07, 6.45) is 4.20. The number of methoxy groups -OCH3 is 1. The Balaban J connectivity index is 2.20. The van der Waals surface area contributed by atoms with Crippen molar-refractivity contribution in [1.82, 2.24) is 0 Å². The van der Waals surface area contributed by atoms with Gasteiger partial charge in [-0.05, 0) is 25.3 Å². The maximum Gasteiger partial charge on any atom is 0.235 e. The number of carbonyl (C=O) groups excluding carboxylic acids is 1. The third kappa shape index (κ3) is 1.70. The summed E-state index contributed by atoms with van der Waals surface area (Å²) in [5, 5.41) is 0.361. The van der Waals surface area contributed by atoms with Crippen LogP contribution >= 0.6 is 11.6 Å². The van der Waals surface area contributed by atoms with Crippen LogP contribution in [0.2, 0.25) is 5.02 Å². The van der Waals surface area contributed by atoms with Crippen LogP contribution in [0.1, 0.15) is 24.8 Å². The number of halogens is 1. The molecule has 0 radical (unpaired) electrons. The van der Waals surface area contributed by atoms with Crippen LogP contribution < -0.4 is 14.2 Å². The van der Waals surface area contributed by atoms with E-state index in [1.807, 2.05) is 0 Å². The van der Waals surface area contributed by atoms with Gasteiger partial charge in [-0.2, -0.15) is 4.99 Å². The largest absolute Gasteiger partial charge is 0.495 e. The first-order valence-corrected chi connectivity index (χ1v) is 6.35. The first-order chi connectivity index (χ1) is 9.22. The molecule has 19 heavy (non-hydrogen) atoms. The van der Waals surface area contributed by atoms with Gasteiger partial charge in [-0.3, -0.25) is 0 Å². The van der Waals surface area contributed by atoms with Crippen LogP contribution in [0.3, 0.4) is 0 Å². The van der Waals surface area contributed by atoms with Crippen LogP contribution in [-0.2, 0) is 10.3 Å². The van der Waals surface area contributed by atoms with Crippen LogP contribution in [-0.4, -0.2) is 20.0 Å². The molecule has 0 spiro atoms. The molecule has 2 aliphatic rings.